The Bertz CT molecular complexity index is 482. The minimum absolute atomic E-state index is 0.0158. The van der Waals surface area contributed by atoms with Crippen LogP contribution in [0.25, 0.3) is 0 Å². The van der Waals surface area contributed by atoms with Crippen molar-refractivity contribution in [2.75, 3.05) is 11.9 Å². The summed E-state index contributed by atoms with van der Waals surface area (Å²) in [4.78, 5) is 0. The van der Waals surface area contributed by atoms with Crippen molar-refractivity contribution in [3.05, 3.63) is 28.8 Å². The van der Waals surface area contributed by atoms with Crippen molar-refractivity contribution in [3.8, 4) is 0 Å². The first-order chi connectivity index (χ1) is 9.82. The highest BCUT2D eigenvalue weighted by Gasteiger charge is 2.35. The first-order valence-corrected chi connectivity index (χ1v) is 7.52. The highest BCUT2D eigenvalue weighted by atomic mass is 35.5. The predicted octanol–water partition coefficient (Wildman–Crippen LogP) is 4.86. The number of para-hydroxylation sites is 1. The van der Waals surface area contributed by atoms with Crippen LogP contribution in [0.3, 0.4) is 0 Å². The van der Waals surface area contributed by atoms with Gasteiger partial charge in [-0.15, -0.1) is 0 Å². The zero-order chi connectivity index (χ0) is 15.5. The van der Waals surface area contributed by atoms with Gasteiger partial charge in [0.1, 0.15) is 0 Å². The van der Waals surface area contributed by atoms with E-state index in [0.29, 0.717) is 12.8 Å². The molecule has 0 saturated heterocycles. The van der Waals surface area contributed by atoms with Crippen molar-refractivity contribution in [1.82, 2.24) is 0 Å². The SMILES string of the molecule is OC1(CNc2c(Cl)cccc2C(F)(F)F)CCCCCC1. The van der Waals surface area contributed by atoms with Crippen LogP contribution in [-0.2, 0) is 6.18 Å². The van der Waals surface area contributed by atoms with Gasteiger partial charge in [-0.3, -0.25) is 0 Å². The Labute approximate surface area is 127 Å². The number of rotatable bonds is 3. The molecule has 0 spiro atoms. The van der Waals surface area contributed by atoms with Crippen molar-refractivity contribution < 1.29 is 18.3 Å². The Kier molecular flexibility index (Phi) is 5.04. The van der Waals surface area contributed by atoms with E-state index in [1.54, 1.807) is 0 Å². The maximum atomic E-state index is 13.0. The average Bonchev–Trinajstić information content (AvgIpc) is 2.61. The van der Waals surface area contributed by atoms with Crippen LogP contribution in [0.1, 0.15) is 44.1 Å². The number of aliphatic hydroxyl groups is 1. The first-order valence-electron chi connectivity index (χ1n) is 7.14. The molecule has 1 fully saturated rings. The van der Waals surface area contributed by atoms with Crippen LogP contribution in [0.2, 0.25) is 5.02 Å². The van der Waals surface area contributed by atoms with E-state index in [0.717, 1.165) is 31.7 Å². The molecule has 2 nitrogen and oxygen atoms in total. The Morgan fingerprint density at radius 3 is 2.33 bits per heavy atom. The van der Waals surface area contributed by atoms with Gasteiger partial charge in [-0.05, 0) is 25.0 Å². The van der Waals surface area contributed by atoms with E-state index >= 15 is 0 Å². The van der Waals surface area contributed by atoms with Crippen LogP contribution in [0, 0.1) is 0 Å². The number of halogens is 4. The van der Waals surface area contributed by atoms with Crippen molar-refractivity contribution >= 4 is 17.3 Å². The van der Waals surface area contributed by atoms with Crippen molar-refractivity contribution in [3.63, 3.8) is 0 Å². The summed E-state index contributed by atoms with van der Waals surface area (Å²) in [5, 5.41) is 13.3. The summed E-state index contributed by atoms with van der Waals surface area (Å²) in [6.45, 7) is 0.0831. The van der Waals surface area contributed by atoms with Crippen LogP contribution < -0.4 is 5.32 Å². The average molecular weight is 322 g/mol. The number of alkyl halides is 3. The Balaban J connectivity index is 2.16. The van der Waals surface area contributed by atoms with E-state index in [4.69, 9.17) is 11.6 Å². The quantitative estimate of drug-likeness (QED) is 0.779. The molecule has 0 radical (unpaired) electrons. The minimum atomic E-state index is -4.47. The molecule has 6 heteroatoms. The second-order valence-electron chi connectivity index (χ2n) is 5.65. The summed E-state index contributed by atoms with van der Waals surface area (Å²) < 4.78 is 39.0. The van der Waals surface area contributed by atoms with Crippen LogP contribution in [0.15, 0.2) is 18.2 Å². The molecule has 1 aliphatic rings. The maximum Gasteiger partial charge on any atom is 0.418 e. The predicted molar refractivity (Wildman–Crippen MR) is 77.6 cm³/mol. The summed E-state index contributed by atoms with van der Waals surface area (Å²) in [5.74, 6) is 0. The fourth-order valence-corrected chi connectivity index (χ4v) is 3.00. The number of anilines is 1. The monoisotopic (exact) mass is 321 g/mol. The molecule has 1 saturated carbocycles. The molecule has 0 amide bonds. The highest BCUT2D eigenvalue weighted by molar-refractivity contribution is 6.33. The van der Waals surface area contributed by atoms with Gasteiger partial charge in [-0.2, -0.15) is 13.2 Å². The third kappa shape index (κ3) is 4.27. The summed E-state index contributed by atoms with van der Waals surface area (Å²) in [6, 6.07) is 3.68. The Morgan fingerprint density at radius 1 is 1.14 bits per heavy atom. The zero-order valence-electron chi connectivity index (χ0n) is 11.6. The van der Waals surface area contributed by atoms with Crippen LogP contribution in [0.5, 0.6) is 0 Å². The van der Waals surface area contributed by atoms with Gasteiger partial charge in [-0.25, -0.2) is 0 Å². The van der Waals surface area contributed by atoms with Gasteiger partial charge in [0, 0.05) is 6.54 Å². The number of hydrogen-bond acceptors (Lipinski definition) is 2. The maximum absolute atomic E-state index is 13.0. The lowest BCUT2D eigenvalue weighted by atomic mass is 9.94. The van der Waals surface area contributed by atoms with Gasteiger partial charge in [0.05, 0.1) is 21.9 Å². The summed E-state index contributed by atoms with van der Waals surface area (Å²) in [7, 11) is 0. The van der Waals surface area contributed by atoms with E-state index in [9.17, 15) is 18.3 Å². The molecule has 1 aromatic carbocycles. The summed E-state index contributed by atoms with van der Waals surface area (Å²) in [6.07, 6.45) is 0.640. The topological polar surface area (TPSA) is 32.3 Å². The Hall–Kier alpha value is -0.940. The second kappa shape index (κ2) is 6.44. The van der Waals surface area contributed by atoms with E-state index in [1.807, 2.05) is 0 Å². The lowest BCUT2D eigenvalue weighted by Crippen LogP contribution is -2.36. The summed E-state index contributed by atoms with van der Waals surface area (Å²) >= 11 is 5.89. The van der Waals surface area contributed by atoms with E-state index < -0.39 is 17.3 Å². The van der Waals surface area contributed by atoms with E-state index in [2.05, 4.69) is 5.32 Å². The second-order valence-corrected chi connectivity index (χ2v) is 6.06. The molecule has 1 aromatic rings. The van der Waals surface area contributed by atoms with Crippen molar-refractivity contribution in [1.29, 1.82) is 0 Å². The number of benzene rings is 1. The molecule has 0 unspecified atom stereocenters. The van der Waals surface area contributed by atoms with Gasteiger partial charge < -0.3 is 10.4 Å². The van der Waals surface area contributed by atoms with Gasteiger partial charge in [-0.1, -0.05) is 43.4 Å². The normalized spacial score (nSPS) is 19.1. The van der Waals surface area contributed by atoms with Crippen molar-refractivity contribution in [2.24, 2.45) is 0 Å². The zero-order valence-corrected chi connectivity index (χ0v) is 12.4. The fraction of sp³-hybridized carbons (Fsp3) is 0.600. The molecule has 21 heavy (non-hydrogen) atoms. The molecule has 118 valence electrons. The molecule has 0 aromatic heterocycles. The van der Waals surface area contributed by atoms with Gasteiger partial charge >= 0.3 is 6.18 Å². The number of hydrogen-bond donors (Lipinski definition) is 2. The molecule has 0 heterocycles. The smallest absolute Gasteiger partial charge is 0.388 e. The molecular weight excluding hydrogens is 303 g/mol. The lowest BCUT2D eigenvalue weighted by molar-refractivity contribution is -0.137. The molecule has 2 N–H and O–H groups in total. The lowest BCUT2D eigenvalue weighted by Gasteiger charge is -2.28. The van der Waals surface area contributed by atoms with Gasteiger partial charge in [0.2, 0.25) is 0 Å². The largest absolute Gasteiger partial charge is 0.418 e. The third-order valence-corrected chi connectivity index (χ3v) is 4.26. The molecule has 0 atom stereocenters. The summed E-state index contributed by atoms with van der Waals surface area (Å²) in [5.41, 5.74) is -1.91. The molecule has 1 aliphatic carbocycles. The molecular formula is C15H19ClF3NO. The molecule has 0 aliphatic heterocycles. The standard InChI is InChI=1S/C15H19ClF3NO/c16-12-7-5-6-11(15(17,18)19)13(12)20-10-14(21)8-3-1-2-4-9-14/h5-7,20-21H,1-4,8-10H2. The van der Waals surface area contributed by atoms with E-state index in [-0.39, 0.29) is 17.3 Å². The molecule has 0 bridgehead atoms. The number of nitrogens with one attached hydrogen (secondary N) is 1. The van der Waals surface area contributed by atoms with Gasteiger partial charge in [0.15, 0.2) is 0 Å². The first kappa shape index (κ1) is 16.4. The van der Waals surface area contributed by atoms with Gasteiger partial charge in [0.25, 0.3) is 0 Å². The van der Waals surface area contributed by atoms with Crippen LogP contribution in [0.4, 0.5) is 18.9 Å². The highest BCUT2D eigenvalue weighted by Crippen LogP contribution is 2.39. The minimum Gasteiger partial charge on any atom is -0.388 e. The third-order valence-electron chi connectivity index (χ3n) is 3.95. The Morgan fingerprint density at radius 2 is 1.76 bits per heavy atom. The fourth-order valence-electron chi connectivity index (χ4n) is 2.76. The molecule has 2 rings (SSSR count). The van der Waals surface area contributed by atoms with Crippen LogP contribution >= 0.6 is 11.6 Å². The van der Waals surface area contributed by atoms with E-state index in [1.165, 1.54) is 12.1 Å². The van der Waals surface area contributed by atoms with Crippen LogP contribution in [-0.4, -0.2) is 17.3 Å². The van der Waals surface area contributed by atoms with Crippen molar-refractivity contribution in [2.45, 2.75) is 50.3 Å².